The van der Waals surface area contributed by atoms with Crippen molar-refractivity contribution >= 4 is 11.9 Å². The molecule has 1 aliphatic carbocycles. The van der Waals surface area contributed by atoms with Crippen molar-refractivity contribution in [1.29, 1.82) is 5.26 Å². The first-order chi connectivity index (χ1) is 18.5. The van der Waals surface area contributed by atoms with Gasteiger partial charge in [-0.25, -0.2) is 13.6 Å². The molecule has 1 amide bonds. The third-order valence-corrected chi connectivity index (χ3v) is 8.33. The molecule has 0 N–H and O–H groups in total. The molecule has 2 aliphatic heterocycles. The molecule has 3 aliphatic rings. The Bertz CT molecular complexity index is 1400. The van der Waals surface area contributed by atoms with Crippen LogP contribution in [0.2, 0.25) is 0 Å². The summed E-state index contributed by atoms with van der Waals surface area (Å²) in [6.45, 7) is 0.231. The number of fused-ring (bicyclic) bond motifs is 5. The Labute approximate surface area is 219 Å². The second-order valence-electron chi connectivity index (χ2n) is 10.4. The van der Waals surface area contributed by atoms with E-state index in [9.17, 15) is 18.4 Å². The second kappa shape index (κ2) is 9.68. The number of carbonyl (C=O) groups excluding carboxylic acids is 2. The summed E-state index contributed by atoms with van der Waals surface area (Å²) in [7, 11) is 0. The molecule has 2 fully saturated rings. The number of nitriles is 1. The number of ketones is 1. The first-order valence-electron chi connectivity index (χ1n) is 13.0. The first kappa shape index (κ1) is 24.3. The Hall–Kier alpha value is -4.05. The minimum absolute atomic E-state index is 0.0357. The van der Waals surface area contributed by atoms with Crippen LogP contribution in [0.5, 0.6) is 0 Å². The molecule has 2 unspecified atom stereocenters. The number of rotatable bonds is 4. The molecule has 0 spiro atoms. The highest BCUT2D eigenvalue weighted by Gasteiger charge is 2.44. The monoisotopic (exact) mass is 512 g/mol. The standard InChI is InChI=1S/C31H26F2N2O3/c32-28-14-19(15-29(33)26(28)16-34)30(36)18-12-20-6-5-7-21(13-18)35(20)31(37)38-17-27-24-10-3-1-8-22(24)23-9-2-4-11-25(23)27/h1-4,8-11,14-15,18,20-21,27H,5-7,12-13,17H2. The average Bonchev–Trinajstić information content (AvgIpc) is 3.24. The molecular weight excluding hydrogens is 486 g/mol. The molecule has 0 saturated carbocycles. The van der Waals surface area contributed by atoms with Gasteiger partial charge in [0.2, 0.25) is 0 Å². The number of benzene rings is 3. The van der Waals surface area contributed by atoms with Crippen molar-refractivity contribution in [2.24, 2.45) is 5.92 Å². The third-order valence-electron chi connectivity index (χ3n) is 8.33. The van der Waals surface area contributed by atoms with Crippen LogP contribution in [0, 0.1) is 28.9 Å². The Kier molecular flexibility index (Phi) is 6.19. The van der Waals surface area contributed by atoms with Gasteiger partial charge in [-0.15, -0.1) is 0 Å². The minimum atomic E-state index is -1.04. The van der Waals surface area contributed by atoms with Gasteiger partial charge in [0.1, 0.15) is 29.9 Å². The molecule has 192 valence electrons. The second-order valence-corrected chi connectivity index (χ2v) is 10.4. The van der Waals surface area contributed by atoms with Gasteiger partial charge in [-0.3, -0.25) is 4.79 Å². The zero-order valence-corrected chi connectivity index (χ0v) is 20.7. The normalized spacial score (nSPS) is 21.8. The highest BCUT2D eigenvalue weighted by Crippen LogP contribution is 2.45. The van der Waals surface area contributed by atoms with Crippen LogP contribution < -0.4 is 0 Å². The number of nitrogens with zero attached hydrogens (tertiary/aromatic N) is 2. The zero-order chi connectivity index (χ0) is 26.4. The van der Waals surface area contributed by atoms with E-state index < -0.39 is 23.1 Å². The molecule has 0 aromatic heterocycles. The molecule has 38 heavy (non-hydrogen) atoms. The van der Waals surface area contributed by atoms with Crippen molar-refractivity contribution in [3.05, 3.63) is 94.6 Å². The number of hydrogen-bond acceptors (Lipinski definition) is 4. The summed E-state index contributed by atoms with van der Waals surface area (Å²) in [5, 5.41) is 8.91. The van der Waals surface area contributed by atoms with Crippen molar-refractivity contribution in [2.75, 3.05) is 6.61 Å². The summed E-state index contributed by atoms with van der Waals surface area (Å²) in [6, 6.07) is 19.4. The van der Waals surface area contributed by atoms with Gasteiger partial charge in [-0.05, 0) is 66.5 Å². The zero-order valence-electron chi connectivity index (χ0n) is 20.7. The SMILES string of the molecule is N#Cc1c(F)cc(C(=O)C2CC3CCCC(C2)N3C(=O)OCC2c3ccccc3-c3ccccc32)cc1F. The van der Waals surface area contributed by atoms with Crippen molar-refractivity contribution in [3.63, 3.8) is 0 Å². The molecule has 0 radical (unpaired) electrons. The van der Waals surface area contributed by atoms with E-state index in [0.29, 0.717) is 12.8 Å². The Morgan fingerprint density at radius 2 is 1.47 bits per heavy atom. The first-order valence-corrected chi connectivity index (χ1v) is 13.0. The van der Waals surface area contributed by atoms with Gasteiger partial charge in [0.25, 0.3) is 0 Å². The minimum Gasteiger partial charge on any atom is -0.448 e. The van der Waals surface area contributed by atoms with Gasteiger partial charge >= 0.3 is 6.09 Å². The van der Waals surface area contributed by atoms with E-state index in [4.69, 9.17) is 10.00 Å². The smallest absolute Gasteiger partial charge is 0.410 e. The topological polar surface area (TPSA) is 70.4 Å². The fraction of sp³-hybridized carbons (Fsp3) is 0.323. The van der Waals surface area contributed by atoms with Gasteiger partial charge in [-0.1, -0.05) is 48.5 Å². The van der Waals surface area contributed by atoms with E-state index in [1.165, 1.54) is 6.07 Å². The predicted molar refractivity (Wildman–Crippen MR) is 136 cm³/mol. The van der Waals surface area contributed by atoms with Crippen LogP contribution in [-0.2, 0) is 4.74 Å². The Morgan fingerprint density at radius 3 is 2.03 bits per heavy atom. The van der Waals surface area contributed by atoms with Gasteiger partial charge in [-0.2, -0.15) is 5.26 Å². The fourth-order valence-corrected chi connectivity index (χ4v) is 6.62. The Balaban J connectivity index is 1.17. The van der Waals surface area contributed by atoms with E-state index in [2.05, 4.69) is 24.3 Å². The molecule has 5 nitrogen and oxygen atoms in total. The van der Waals surface area contributed by atoms with Crippen molar-refractivity contribution in [1.82, 2.24) is 4.90 Å². The van der Waals surface area contributed by atoms with Gasteiger partial charge < -0.3 is 9.64 Å². The fourth-order valence-electron chi connectivity index (χ4n) is 6.62. The van der Waals surface area contributed by atoms with Crippen LogP contribution in [0.25, 0.3) is 11.1 Å². The third kappa shape index (κ3) is 4.05. The highest BCUT2D eigenvalue weighted by molar-refractivity contribution is 5.98. The van der Waals surface area contributed by atoms with Crippen molar-refractivity contribution < 1.29 is 23.1 Å². The number of halogens is 2. The van der Waals surface area contributed by atoms with Crippen LogP contribution in [0.4, 0.5) is 13.6 Å². The average molecular weight is 513 g/mol. The van der Waals surface area contributed by atoms with Gasteiger partial charge in [0.05, 0.1) is 0 Å². The van der Waals surface area contributed by atoms with Crippen molar-refractivity contribution in [2.45, 2.75) is 50.1 Å². The molecule has 3 aromatic carbocycles. The number of ether oxygens (including phenoxy) is 1. The quantitative estimate of drug-likeness (QED) is 0.369. The summed E-state index contributed by atoms with van der Waals surface area (Å²) in [6.07, 6.45) is 2.92. The molecule has 6 rings (SSSR count). The number of Topliss-reactive ketones (excluding diaryl/α,β-unsaturated/α-hetero) is 1. The largest absolute Gasteiger partial charge is 0.448 e. The number of amides is 1. The van der Waals surface area contributed by atoms with Crippen LogP contribution in [0.1, 0.15) is 65.1 Å². The van der Waals surface area contributed by atoms with E-state index in [0.717, 1.165) is 53.6 Å². The summed E-state index contributed by atoms with van der Waals surface area (Å²) >= 11 is 0. The lowest BCUT2D eigenvalue weighted by atomic mass is 9.76. The van der Waals surface area contributed by atoms with Crippen LogP contribution in [0.15, 0.2) is 60.7 Å². The lowest BCUT2D eigenvalue weighted by Crippen LogP contribution is -2.55. The van der Waals surface area contributed by atoms with E-state index in [1.807, 2.05) is 24.3 Å². The summed E-state index contributed by atoms with van der Waals surface area (Å²) in [5.41, 5.74) is 3.85. The van der Waals surface area contributed by atoms with Crippen molar-refractivity contribution in [3.8, 4) is 17.2 Å². The molecule has 2 bridgehead atoms. The Morgan fingerprint density at radius 1 is 0.921 bits per heavy atom. The van der Waals surface area contributed by atoms with E-state index in [-0.39, 0.29) is 42.0 Å². The molecule has 7 heteroatoms. The van der Waals surface area contributed by atoms with Gasteiger partial charge in [0.15, 0.2) is 5.78 Å². The molecule has 2 heterocycles. The maximum atomic E-state index is 14.2. The van der Waals surface area contributed by atoms with Crippen LogP contribution in [-0.4, -0.2) is 35.5 Å². The molecule has 3 aromatic rings. The number of hydrogen-bond donors (Lipinski definition) is 0. The lowest BCUT2D eigenvalue weighted by Gasteiger charge is -2.47. The van der Waals surface area contributed by atoms with Crippen LogP contribution >= 0.6 is 0 Å². The lowest BCUT2D eigenvalue weighted by molar-refractivity contribution is 0.00650. The number of piperidine rings is 2. The molecule has 2 atom stereocenters. The summed E-state index contributed by atoms with van der Waals surface area (Å²) in [4.78, 5) is 28.4. The highest BCUT2D eigenvalue weighted by atomic mass is 19.1. The number of carbonyl (C=O) groups is 2. The molecular formula is C31H26F2N2O3. The maximum Gasteiger partial charge on any atom is 0.410 e. The summed E-state index contributed by atoms with van der Waals surface area (Å²) < 4.78 is 34.2. The summed E-state index contributed by atoms with van der Waals surface area (Å²) in [5.74, 6) is -2.91. The van der Waals surface area contributed by atoms with Gasteiger partial charge in [0, 0.05) is 29.5 Å². The van der Waals surface area contributed by atoms with Crippen LogP contribution in [0.3, 0.4) is 0 Å². The predicted octanol–water partition coefficient (Wildman–Crippen LogP) is 6.60. The molecule has 2 saturated heterocycles. The maximum absolute atomic E-state index is 14.2. The van der Waals surface area contributed by atoms with E-state index >= 15 is 0 Å². The van der Waals surface area contributed by atoms with E-state index in [1.54, 1.807) is 4.90 Å².